The van der Waals surface area contributed by atoms with Gasteiger partial charge in [-0.25, -0.2) is 8.42 Å². The van der Waals surface area contributed by atoms with Crippen molar-refractivity contribution in [3.05, 3.63) is 0 Å². The van der Waals surface area contributed by atoms with Crippen LogP contribution in [0, 0.1) is 0 Å². The Balaban J connectivity index is 2.73. The Hall–Kier alpha value is -0.170. The molecule has 1 fully saturated rings. The minimum atomic E-state index is -2.96. The predicted molar refractivity (Wildman–Crippen MR) is 72.9 cm³/mol. The van der Waals surface area contributed by atoms with Gasteiger partial charge in [-0.1, -0.05) is 19.3 Å². The molecule has 0 amide bonds. The van der Waals surface area contributed by atoms with E-state index in [1.165, 1.54) is 12.7 Å². The molecule has 3 N–H and O–H groups in total. The number of hydrazine groups is 1. The molecule has 0 saturated heterocycles. The summed E-state index contributed by atoms with van der Waals surface area (Å²) in [5.74, 6) is 5.77. The van der Waals surface area contributed by atoms with Gasteiger partial charge in [0, 0.05) is 12.9 Å². The molecule has 0 aromatic heterocycles. The second-order valence-electron chi connectivity index (χ2n) is 5.20. The van der Waals surface area contributed by atoms with Crippen LogP contribution >= 0.6 is 0 Å². The second kappa shape index (κ2) is 6.84. The number of nitrogens with two attached hydrogens (primary N) is 1. The Morgan fingerprint density at radius 3 is 2.39 bits per heavy atom. The maximum Gasteiger partial charge on any atom is 0.147 e. The van der Waals surface area contributed by atoms with Crippen molar-refractivity contribution in [1.29, 1.82) is 0 Å². The van der Waals surface area contributed by atoms with Crippen LogP contribution < -0.4 is 11.3 Å². The lowest BCUT2D eigenvalue weighted by molar-refractivity contribution is -0.0904. The van der Waals surface area contributed by atoms with Gasteiger partial charge in [0.25, 0.3) is 0 Å². The fourth-order valence-corrected chi connectivity index (χ4v) is 3.53. The Kier molecular flexibility index (Phi) is 6.04. The number of sulfone groups is 1. The lowest BCUT2D eigenvalue weighted by Gasteiger charge is -2.43. The summed E-state index contributed by atoms with van der Waals surface area (Å²) >= 11 is 0. The normalized spacial score (nSPS) is 21.7. The fourth-order valence-electron chi connectivity index (χ4n) is 2.86. The molecule has 108 valence electrons. The first kappa shape index (κ1) is 15.9. The molecular formula is C12H26N2O3S. The van der Waals surface area contributed by atoms with Crippen LogP contribution in [0.4, 0.5) is 0 Å². The van der Waals surface area contributed by atoms with Crippen LogP contribution in [0.1, 0.15) is 45.4 Å². The van der Waals surface area contributed by atoms with Crippen LogP contribution in [0.2, 0.25) is 0 Å². The van der Waals surface area contributed by atoms with Crippen LogP contribution in [-0.4, -0.2) is 38.7 Å². The zero-order valence-corrected chi connectivity index (χ0v) is 12.3. The van der Waals surface area contributed by atoms with E-state index in [2.05, 4.69) is 5.43 Å². The monoisotopic (exact) mass is 278 g/mol. The van der Waals surface area contributed by atoms with Gasteiger partial charge >= 0.3 is 0 Å². The molecular weight excluding hydrogens is 252 g/mol. The lowest BCUT2D eigenvalue weighted by Crippen LogP contribution is -2.56. The molecule has 1 aliphatic rings. The summed E-state index contributed by atoms with van der Waals surface area (Å²) in [4.78, 5) is 0. The van der Waals surface area contributed by atoms with Gasteiger partial charge < -0.3 is 4.74 Å². The molecule has 5 nitrogen and oxygen atoms in total. The summed E-state index contributed by atoms with van der Waals surface area (Å²) in [5.41, 5.74) is 2.50. The average molecular weight is 278 g/mol. The predicted octanol–water partition coefficient (Wildman–Crippen LogP) is 0.992. The maximum atomic E-state index is 11.3. The number of hydrogen-bond acceptors (Lipinski definition) is 5. The molecule has 1 aliphatic carbocycles. The largest absolute Gasteiger partial charge is 0.374 e. The van der Waals surface area contributed by atoms with Gasteiger partial charge in [0.1, 0.15) is 9.84 Å². The number of nitrogens with one attached hydrogen (secondary N) is 1. The highest BCUT2D eigenvalue weighted by Gasteiger charge is 2.40. The lowest BCUT2D eigenvalue weighted by atomic mass is 9.78. The first-order valence-corrected chi connectivity index (χ1v) is 8.77. The van der Waals surface area contributed by atoms with Crippen LogP contribution in [0.25, 0.3) is 0 Å². The number of rotatable bonds is 7. The average Bonchev–Trinajstić information content (AvgIpc) is 2.30. The van der Waals surface area contributed by atoms with E-state index in [9.17, 15) is 8.42 Å². The summed E-state index contributed by atoms with van der Waals surface area (Å²) in [6.07, 6.45) is 7.15. The van der Waals surface area contributed by atoms with Crippen molar-refractivity contribution in [2.75, 3.05) is 18.6 Å². The first-order chi connectivity index (χ1) is 8.43. The molecule has 0 bridgehead atoms. The molecule has 1 saturated carbocycles. The molecule has 0 radical (unpaired) electrons. The van der Waals surface area contributed by atoms with Crippen LogP contribution in [0.3, 0.4) is 0 Å². The summed E-state index contributed by atoms with van der Waals surface area (Å²) in [7, 11) is -2.96. The van der Waals surface area contributed by atoms with Gasteiger partial charge in [0.15, 0.2) is 0 Å². The molecule has 1 atom stereocenters. The van der Waals surface area contributed by atoms with E-state index >= 15 is 0 Å². The van der Waals surface area contributed by atoms with Crippen LogP contribution in [0.5, 0.6) is 0 Å². The summed E-state index contributed by atoms with van der Waals surface area (Å²) < 4.78 is 28.5. The molecule has 0 aliphatic heterocycles. The van der Waals surface area contributed by atoms with E-state index in [-0.39, 0.29) is 17.4 Å². The minimum Gasteiger partial charge on any atom is -0.374 e. The van der Waals surface area contributed by atoms with E-state index in [1.54, 1.807) is 0 Å². The van der Waals surface area contributed by atoms with Gasteiger partial charge in [-0.3, -0.25) is 11.3 Å². The van der Waals surface area contributed by atoms with E-state index < -0.39 is 9.84 Å². The van der Waals surface area contributed by atoms with Crippen LogP contribution in [-0.2, 0) is 14.6 Å². The Labute approximate surface area is 110 Å². The summed E-state index contributed by atoms with van der Waals surface area (Å²) in [6.45, 7) is 2.61. The molecule has 0 aromatic rings. The van der Waals surface area contributed by atoms with E-state index in [1.807, 2.05) is 6.92 Å². The van der Waals surface area contributed by atoms with Crippen molar-refractivity contribution in [2.45, 2.75) is 57.1 Å². The van der Waals surface area contributed by atoms with Crippen molar-refractivity contribution in [1.82, 2.24) is 5.43 Å². The molecule has 1 rings (SSSR count). The van der Waals surface area contributed by atoms with Gasteiger partial charge in [0.2, 0.25) is 0 Å². The molecule has 0 spiro atoms. The highest BCUT2D eigenvalue weighted by Crippen LogP contribution is 2.35. The van der Waals surface area contributed by atoms with Crippen molar-refractivity contribution in [3.63, 3.8) is 0 Å². The molecule has 18 heavy (non-hydrogen) atoms. The molecule has 0 heterocycles. The summed E-state index contributed by atoms with van der Waals surface area (Å²) in [6, 6.07) is -0.0903. The van der Waals surface area contributed by atoms with Crippen molar-refractivity contribution < 1.29 is 13.2 Å². The van der Waals surface area contributed by atoms with E-state index in [4.69, 9.17) is 10.6 Å². The van der Waals surface area contributed by atoms with Gasteiger partial charge in [0.05, 0.1) is 17.4 Å². The fraction of sp³-hybridized carbons (Fsp3) is 1.00. The summed E-state index contributed by atoms with van der Waals surface area (Å²) in [5, 5.41) is 0. The molecule has 6 heteroatoms. The van der Waals surface area contributed by atoms with Crippen LogP contribution in [0.15, 0.2) is 0 Å². The van der Waals surface area contributed by atoms with Gasteiger partial charge in [-0.2, -0.15) is 0 Å². The smallest absolute Gasteiger partial charge is 0.147 e. The zero-order valence-electron chi connectivity index (χ0n) is 11.4. The Morgan fingerprint density at radius 1 is 1.33 bits per heavy atom. The molecule has 1 unspecified atom stereocenters. The zero-order chi connectivity index (χ0) is 13.6. The first-order valence-electron chi connectivity index (χ1n) is 6.71. The Bertz CT molecular complexity index is 332. The van der Waals surface area contributed by atoms with E-state index in [0.29, 0.717) is 13.0 Å². The van der Waals surface area contributed by atoms with Crippen molar-refractivity contribution in [2.24, 2.45) is 5.84 Å². The van der Waals surface area contributed by atoms with E-state index in [0.717, 1.165) is 25.7 Å². The van der Waals surface area contributed by atoms with Crippen molar-refractivity contribution >= 4 is 9.84 Å². The van der Waals surface area contributed by atoms with Gasteiger partial charge in [-0.05, 0) is 26.2 Å². The third kappa shape index (κ3) is 4.50. The third-order valence-electron chi connectivity index (χ3n) is 3.75. The second-order valence-corrected chi connectivity index (χ2v) is 7.46. The highest BCUT2D eigenvalue weighted by atomic mass is 32.2. The van der Waals surface area contributed by atoms with Crippen molar-refractivity contribution in [3.8, 4) is 0 Å². The minimum absolute atomic E-state index is 0.0903. The van der Waals surface area contributed by atoms with Gasteiger partial charge in [-0.15, -0.1) is 0 Å². The number of ether oxygens (including phenoxy) is 1. The number of hydrogen-bond donors (Lipinski definition) is 2. The quantitative estimate of drug-likeness (QED) is 0.536. The topological polar surface area (TPSA) is 81.4 Å². The Morgan fingerprint density at radius 2 is 1.94 bits per heavy atom. The maximum absolute atomic E-state index is 11.3. The molecule has 0 aromatic carbocycles. The highest BCUT2D eigenvalue weighted by molar-refractivity contribution is 7.90. The SMILES string of the molecule is CCOC1(C(CCS(C)(=O)=O)NN)CCCCC1. The standard InChI is InChI=1S/C12H26N2O3S/c1-3-17-12(8-5-4-6-9-12)11(14-13)7-10-18(2,15)16/h11,14H,3-10,13H2,1-2H3. The third-order valence-corrected chi connectivity index (χ3v) is 4.72.